The van der Waals surface area contributed by atoms with Crippen molar-refractivity contribution in [3.63, 3.8) is 0 Å². The molecule has 0 spiro atoms. The molecule has 1 saturated heterocycles. The lowest BCUT2D eigenvalue weighted by molar-refractivity contribution is 0.0514. The van der Waals surface area contributed by atoms with Gasteiger partial charge in [0.05, 0.1) is 12.9 Å². The summed E-state index contributed by atoms with van der Waals surface area (Å²) in [5, 5.41) is 3.77. The highest BCUT2D eigenvalue weighted by atomic mass is 16.3. The van der Waals surface area contributed by atoms with Crippen LogP contribution in [0.25, 0.3) is 0 Å². The molecular weight excluding hydrogens is 300 g/mol. The van der Waals surface area contributed by atoms with Crippen molar-refractivity contribution in [2.45, 2.75) is 77.7 Å². The molecule has 5 nitrogen and oxygen atoms in total. The maximum Gasteiger partial charge on any atom is 0.118 e. The quantitative estimate of drug-likeness (QED) is 0.879. The number of furan rings is 1. The number of rotatable bonds is 5. The van der Waals surface area contributed by atoms with E-state index in [4.69, 9.17) is 4.42 Å². The van der Waals surface area contributed by atoms with Crippen LogP contribution in [0.1, 0.15) is 57.8 Å². The number of nitrogens with one attached hydrogen (secondary N) is 2. The summed E-state index contributed by atoms with van der Waals surface area (Å²) in [5.74, 6) is 2.00. The minimum atomic E-state index is 0.123. The molecule has 132 valence electrons. The molecule has 2 N–H and O–H groups in total. The number of imidazole rings is 1. The second-order valence-electron chi connectivity index (χ2n) is 8.45. The molecule has 2 aromatic rings. The van der Waals surface area contributed by atoms with Crippen LogP contribution < -0.4 is 5.32 Å². The largest absolute Gasteiger partial charge is 0.465 e. The van der Waals surface area contributed by atoms with Gasteiger partial charge in [-0.25, -0.2) is 4.98 Å². The molecule has 1 aliphatic heterocycles. The van der Waals surface area contributed by atoms with E-state index in [-0.39, 0.29) is 11.1 Å². The standard InChI is InChI=1S/C19H30N4O/c1-14-6-7-17(24-14)12-23(11-15-10-20-13-21-15)16-8-18(2,3)22-19(4,5)9-16/h6-7,10,13,16,22H,8-9,11-12H2,1-5H3,(H,20,21). The molecule has 0 aliphatic carbocycles. The highest BCUT2D eigenvalue weighted by Crippen LogP contribution is 2.33. The first-order chi connectivity index (χ1) is 11.2. The van der Waals surface area contributed by atoms with Gasteiger partial charge in [-0.05, 0) is 59.6 Å². The van der Waals surface area contributed by atoms with E-state index in [9.17, 15) is 0 Å². The smallest absolute Gasteiger partial charge is 0.118 e. The van der Waals surface area contributed by atoms with Crippen LogP contribution in [0.3, 0.4) is 0 Å². The zero-order valence-corrected chi connectivity index (χ0v) is 15.5. The van der Waals surface area contributed by atoms with Gasteiger partial charge in [0.15, 0.2) is 0 Å². The first kappa shape index (κ1) is 17.2. The zero-order chi connectivity index (χ0) is 17.4. The number of aryl methyl sites for hydroxylation is 1. The fourth-order valence-corrected chi connectivity index (χ4v) is 4.20. The summed E-state index contributed by atoms with van der Waals surface area (Å²) in [6.07, 6.45) is 5.90. The summed E-state index contributed by atoms with van der Waals surface area (Å²) in [7, 11) is 0. The third-order valence-corrected chi connectivity index (χ3v) is 4.77. The van der Waals surface area contributed by atoms with Crippen molar-refractivity contribution < 1.29 is 4.42 Å². The van der Waals surface area contributed by atoms with Gasteiger partial charge in [-0.2, -0.15) is 0 Å². The number of nitrogens with zero attached hydrogens (tertiary/aromatic N) is 2. The van der Waals surface area contributed by atoms with E-state index in [0.717, 1.165) is 43.1 Å². The molecule has 0 aromatic carbocycles. The average molecular weight is 330 g/mol. The minimum absolute atomic E-state index is 0.123. The monoisotopic (exact) mass is 330 g/mol. The first-order valence-corrected chi connectivity index (χ1v) is 8.78. The highest BCUT2D eigenvalue weighted by molar-refractivity contribution is 5.08. The van der Waals surface area contributed by atoms with Crippen LogP contribution in [0, 0.1) is 6.92 Å². The van der Waals surface area contributed by atoms with E-state index >= 15 is 0 Å². The summed E-state index contributed by atoms with van der Waals surface area (Å²) >= 11 is 0. The Morgan fingerprint density at radius 1 is 1.17 bits per heavy atom. The Hall–Kier alpha value is -1.59. The predicted molar refractivity (Wildman–Crippen MR) is 95.6 cm³/mol. The van der Waals surface area contributed by atoms with Crippen LogP contribution in [-0.4, -0.2) is 32.0 Å². The van der Waals surface area contributed by atoms with Gasteiger partial charge in [-0.15, -0.1) is 0 Å². The third-order valence-electron chi connectivity index (χ3n) is 4.77. The summed E-state index contributed by atoms with van der Waals surface area (Å²) in [4.78, 5) is 9.93. The van der Waals surface area contributed by atoms with Gasteiger partial charge in [-0.1, -0.05) is 0 Å². The van der Waals surface area contributed by atoms with Crippen molar-refractivity contribution in [2.75, 3.05) is 0 Å². The van der Waals surface area contributed by atoms with Crippen LogP contribution in [-0.2, 0) is 13.1 Å². The average Bonchev–Trinajstić information content (AvgIpc) is 3.06. The van der Waals surface area contributed by atoms with Gasteiger partial charge in [-0.3, -0.25) is 4.90 Å². The molecule has 0 amide bonds. The molecule has 3 rings (SSSR count). The zero-order valence-electron chi connectivity index (χ0n) is 15.5. The molecule has 1 fully saturated rings. The molecule has 24 heavy (non-hydrogen) atoms. The fraction of sp³-hybridized carbons (Fsp3) is 0.632. The van der Waals surface area contributed by atoms with Crippen molar-refractivity contribution in [3.05, 3.63) is 41.9 Å². The predicted octanol–water partition coefficient (Wildman–Crippen LogP) is 3.62. The van der Waals surface area contributed by atoms with Gasteiger partial charge >= 0.3 is 0 Å². The van der Waals surface area contributed by atoms with E-state index < -0.39 is 0 Å². The van der Waals surface area contributed by atoms with Crippen LogP contribution in [0.2, 0.25) is 0 Å². The van der Waals surface area contributed by atoms with Crippen molar-refractivity contribution >= 4 is 0 Å². The van der Waals surface area contributed by atoms with Gasteiger partial charge < -0.3 is 14.7 Å². The van der Waals surface area contributed by atoms with Gasteiger partial charge in [0.25, 0.3) is 0 Å². The maximum absolute atomic E-state index is 5.84. The maximum atomic E-state index is 5.84. The third kappa shape index (κ3) is 4.28. The number of aromatic nitrogens is 2. The van der Waals surface area contributed by atoms with Crippen molar-refractivity contribution in [1.82, 2.24) is 20.2 Å². The van der Waals surface area contributed by atoms with Gasteiger partial charge in [0.1, 0.15) is 11.5 Å². The van der Waals surface area contributed by atoms with Crippen LogP contribution in [0.4, 0.5) is 0 Å². The highest BCUT2D eigenvalue weighted by Gasteiger charge is 2.40. The summed E-state index contributed by atoms with van der Waals surface area (Å²) < 4.78 is 5.84. The van der Waals surface area contributed by atoms with Crippen LogP contribution in [0.5, 0.6) is 0 Å². The second kappa shape index (κ2) is 6.37. The van der Waals surface area contributed by atoms with Crippen LogP contribution >= 0.6 is 0 Å². The number of hydrogen-bond donors (Lipinski definition) is 2. The molecule has 0 atom stereocenters. The molecule has 0 unspecified atom stereocenters. The molecule has 5 heteroatoms. The Bertz CT molecular complexity index is 641. The lowest BCUT2D eigenvalue weighted by Gasteiger charge is -2.49. The Kier molecular flexibility index (Phi) is 4.58. The molecule has 2 aromatic heterocycles. The molecule has 3 heterocycles. The summed E-state index contributed by atoms with van der Waals surface area (Å²) in [6, 6.07) is 4.62. The van der Waals surface area contributed by atoms with Crippen molar-refractivity contribution in [1.29, 1.82) is 0 Å². The molecule has 0 bridgehead atoms. The molecule has 0 radical (unpaired) electrons. The summed E-state index contributed by atoms with van der Waals surface area (Å²) in [6.45, 7) is 12.9. The molecule has 0 saturated carbocycles. The number of aromatic amines is 1. The van der Waals surface area contributed by atoms with Gasteiger partial charge in [0.2, 0.25) is 0 Å². The number of piperidine rings is 1. The SMILES string of the molecule is Cc1ccc(CN(Cc2cnc[nH]2)C2CC(C)(C)NC(C)(C)C2)o1. The Morgan fingerprint density at radius 3 is 2.42 bits per heavy atom. The topological polar surface area (TPSA) is 57.1 Å². The summed E-state index contributed by atoms with van der Waals surface area (Å²) in [5.41, 5.74) is 1.39. The van der Waals surface area contributed by atoms with Gasteiger partial charge in [0, 0.05) is 35.6 Å². The van der Waals surface area contributed by atoms with E-state index in [1.54, 1.807) is 6.33 Å². The second-order valence-corrected chi connectivity index (χ2v) is 8.45. The van der Waals surface area contributed by atoms with E-state index in [1.807, 2.05) is 19.2 Å². The lowest BCUT2D eigenvalue weighted by atomic mass is 9.79. The molecular formula is C19H30N4O. The Labute approximate surface area is 144 Å². The fourth-order valence-electron chi connectivity index (χ4n) is 4.20. The molecule has 1 aliphatic rings. The Morgan fingerprint density at radius 2 is 1.88 bits per heavy atom. The number of H-pyrrole nitrogens is 1. The Balaban J connectivity index is 1.82. The van der Waals surface area contributed by atoms with E-state index in [0.29, 0.717) is 6.04 Å². The minimum Gasteiger partial charge on any atom is -0.465 e. The van der Waals surface area contributed by atoms with E-state index in [2.05, 4.69) is 53.9 Å². The van der Waals surface area contributed by atoms with Crippen molar-refractivity contribution in [3.8, 4) is 0 Å². The van der Waals surface area contributed by atoms with Crippen molar-refractivity contribution in [2.24, 2.45) is 0 Å². The number of hydrogen-bond acceptors (Lipinski definition) is 4. The van der Waals surface area contributed by atoms with E-state index in [1.165, 1.54) is 0 Å². The van der Waals surface area contributed by atoms with Crippen LogP contribution in [0.15, 0.2) is 29.1 Å². The first-order valence-electron chi connectivity index (χ1n) is 8.78. The lowest BCUT2D eigenvalue weighted by Crippen LogP contribution is -2.62. The normalized spacial score (nSPS) is 20.6.